The number of rotatable bonds is 5. The normalized spacial score (nSPS) is 11.1. The van der Waals surface area contributed by atoms with Gasteiger partial charge >= 0.3 is 6.18 Å². The average molecular weight is 375 g/mol. The lowest BCUT2D eigenvalue weighted by atomic mass is 10.2. The van der Waals surface area contributed by atoms with Crippen molar-refractivity contribution in [2.45, 2.75) is 6.18 Å². The van der Waals surface area contributed by atoms with Crippen molar-refractivity contribution in [3.05, 3.63) is 60.4 Å². The molecule has 0 unspecified atom stereocenters. The van der Waals surface area contributed by atoms with Crippen LogP contribution in [-0.4, -0.2) is 17.1 Å². The predicted molar refractivity (Wildman–Crippen MR) is 97.4 cm³/mol. The van der Waals surface area contributed by atoms with E-state index in [4.69, 9.17) is 10.5 Å². The van der Waals surface area contributed by atoms with Gasteiger partial charge in [-0.1, -0.05) is 12.1 Å². The fourth-order valence-electron chi connectivity index (χ4n) is 2.34. The van der Waals surface area contributed by atoms with Gasteiger partial charge in [0.2, 0.25) is 0 Å². The van der Waals surface area contributed by atoms with Gasteiger partial charge in [0.15, 0.2) is 11.6 Å². The van der Waals surface area contributed by atoms with Crippen LogP contribution in [0.4, 0.5) is 41.9 Å². The summed E-state index contributed by atoms with van der Waals surface area (Å²) in [5, 5.41) is 5.83. The van der Waals surface area contributed by atoms with Crippen molar-refractivity contribution in [1.29, 1.82) is 0 Å². The maximum atomic E-state index is 12.9. The number of nitrogen functional groups attached to an aromatic ring is 1. The molecule has 0 saturated carbocycles. The molecule has 9 heteroatoms. The first-order valence-electron chi connectivity index (χ1n) is 7.82. The molecule has 2 aromatic carbocycles. The Hall–Kier alpha value is -3.49. The quantitative estimate of drug-likeness (QED) is 0.606. The SMILES string of the molecule is COc1cccc(Nc2ncnc(Nc3cccc(C(F)(F)F)c3)c2N)c1. The minimum Gasteiger partial charge on any atom is -0.497 e. The van der Waals surface area contributed by atoms with E-state index >= 15 is 0 Å². The molecule has 0 fully saturated rings. The highest BCUT2D eigenvalue weighted by atomic mass is 19.4. The van der Waals surface area contributed by atoms with Crippen molar-refractivity contribution in [3.8, 4) is 5.75 Å². The zero-order valence-corrected chi connectivity index (χ0v) is 14.2. The highest BCUT2D eigenvalue weighted by molar-refractivity contribution is 5.80. The summed E-state index contributed by atoms with van der Waals surface area (Å²) in [5.74, 6) is 1.15. The summed E-state index contributed by atoms with van der Waals surface area (Å²) in [6, 6.07) is 11.9. The topological polar surface area (TPSA) is 85.1 Å². The van der Waals surface area contributed by atoms with E-state index in [2.05, 4.69) is 20.6 Å². The Balaban J connectivity index is 1.85. The van der Waals surface area contributed by atoms with Crippen LogP contribution in [0.25, 0.3) is 0 Å². The minimum atomic E-state index is -4.44. The molecule has 0 saturated heterocycles. The molecule has 0 aliphatic heterocycles. The number of methoxy groups -OCH3 is 1. The molecule has 0 amide bonds. The van der Waals surface area contributed by atoms with Gasteiger partial charge < -0.3 is 21.1 Å². The van der Waals surface area contributed by atoms with Crippen LogP contribution in [0.2, 0.25) is 0 Å². The Morgan fingerprint density at radius 2 is 1.52 bits per heavy atom. The van der Waals surface area contributed by atoms with Crippen molar-refractivity contribution in [2.75, 3.05) is 23.5 Å². The van der Waals surface area contributed by atoms with E-state index in [1.54, 1.807) is 31.4 Å². The molecule has 0 aliphatic rings. The van der Waals surface area contributed by atoms with Crippen molar-refractivity contribution < 1.29 is 17.9 Å². The predicted octanol–water partition coefficient (Wildman–Crippen LogP) is 4.57. The molecule has 0 bridgehead atoms. The van der Waals surface area contributed by atoms with Gasteiger partial charge in [-0.3, -0.25) is 0 Å². The van der Waals surface area contributed by atoms with Crippen LogP contribution < -0.4 is 21.1 Å². The van der Waals surface area contributed by atoms with Gasteiger partial charge in [-0.15, -0.1) is 0 Å². The van der Waals surface area contributed by atoms with E-state index in [-0.39, 0.29) is 17.2 Å². The minimum absolute atomic E-state index is 0.165. The van der Waals surface area contributed by atoms with Crippen LogP contribution >= 0.6 is 0 Å². The summed E-state index contributed by atoms with van der Waals surface area (Å²) < 4.78 is 43.7. The third kappa shape index (κ3) is 4.38. The highest BCUT2D eigenvalue weighted by Crippen LogP contribution is 2.33. The number of halogens is 3. The summed E-state index contributed by atoms with van der Waals surface area (Å²) >= 11 is 0. The van der Waals surface area contributed by atoms with E-state index in [0.29, 0.717) is 17.3 Å². The molecule has 3 aromatic rings. The molecule has 0 atom stereocenters. The summed E-state index contributed by atoms with van der Waals surface area (Å²) in [5.41, 5.74) is 6.36. The van der Waals surface area contributed by atoms with Crippen LogP contribution in [0.5, 0.6) is 5.75 Å². The van der Waals surface area contributed by atoms with Gasteiger partial charge in [0.05, 0.1) is 12.7 Å². The lowest BCUT2D eigenvalue weighted by Gasteiger charge is -2.14. The molecular formula is C18H16F3N5O. The van der Waals surface area contributed by atoms with Crippen molar-refractivity contribution in [1.82, 2.24) is 9.97 Å². The lowest BCUT2D eigenvalue weighted by Crippen LogP contribution is -2.07. The number of aromatic nitrogens is 2. The third-order valence-corrected chi connectivity index (χ3v) is 3.67. The van der Waals surface area contributed by atoms with Crippen LogP contribution in [0.3, 0.4) is 0 Å². The van der Waals surface area contributed by atoms with Gasteiger partial charge in [-0.25, -0.2) is 9.97 Å². The van der Waals surface area contributed by atoms with Crippen LogP contribution in [0, 0.1) is 0 Å². The average Bonchev–Trinajstić information content (AvgIpc) is 2.65. The molecule has 1 aromatic heterocycles. The summed E-state index contributed by atoms with van der Waals surface area (Å²) in [4.78, 5) is 8.09. The molecule has 0 aliphatic carbocycles. The lowest BCUT2D eigenvalue weighted by molar-refractivity contribution is -0.137. The maximum absolute atomic E-state index is 12.9. The van der Waals surface area contributed by atoms with Crippen molar-refractivity contribution >= 4 is 28.7 Å². The van der Waals surface area contributed by atoms with Crippen LogP contribution in [0.1, 0.15) is 5.56 Å². The van der Waals surface area contributed by atoms with Crippen molar-refractivity contribution in [3.63, 3.8) is 0 Å². The summed E-state index contributed by atoms with van der Waals surface area (Å²) in [6.45, 7) is 0. The molecule has 6 nitrogen and oxygen atoms in total. The van der Waals surface area contributed by atoms with Crippen LogP contribution in [0.15, 0.2) is 54.9 Å². The third-order valence-electron chi connectivity index (χ3n) is 3.67. The molecule has 4 N–H and O–H groups in total. The number of nitrogens with zero attached hydrogens (tertiary/aromatic N) is 2. The van der Waals surface area contributed by atoms with E-state index in [1.165, 1.54) is 18.5 Å². The Morgan fingerprint density at radius 3 is 2.11 bits per heavy atom. The van der Waals surface area contributed by atoms with Gasteiger partial charge in [-0.05, 0) is 30.3 Å². The first kappa shape index (κ1) is 18.3. The number of alkyl halides is 3. The Kier molecular flexibility index (Phi) is 5.02. The van der Waals surface area contributed by atoms with E-state index < -0.39 is 11.7 Å². The number of nitrogens with two attached hydrogens (primary N) is 1. The highest BCUT2D eigenvalue weighted by Gasteiger charge is 2.30. The van der Waals surface area contributed by atoms with Crippen molar-refractivity contribution in [2.24, 2.45) is 0 Å². The molecular weight excluding hydrogens is 359 g/mol. The van der Waals surface area contributed by atoms with E-state index in [9.17, 15) is 13.2 Å². The first-order valence-corrected chi connectivity index (χ1v) is 7.82. The fourth-order valence-corrected chi connectivity index (χ4v) is 2.34. The molecule has 140 valence electrons. The van der Waals surface area contributed by atoms with Gasteiger partial charge in [0, 0.05) is 17.4 Å². The maximum Gasteiger partial charge on any atom is 0.416 e. The zero-order valence-electron chi connectivity index (χ0n) is 14.2. The standard InChI is InChI=1S/C18H16F3N5O/c1-27-14-7-3-6-13(9-14)26-17-15(22)16(23-10-24-17)25-12-5-2-4-11(8-12)18(19,20)21/h2-10H,22H2,1H3,(H2,23,24,25,26). The molecule has 3 rings (SSSR count). The number of nitrogens with one attached hydrogen (secondary N) is 2. The Labute approximate surface area is 153 Å². The Bertz CT molecular complexity index is 946. The molecule has 0 spiro atoms. The molecule has 0 radical (unpaired) electrons. The van der Waals surface area contributed by atoms with E-state index in [0.717, 1.165) is 12.1 Å². The molecule has 1 heterocycles. The number of hydrogen-bond donors (Lipinski definition) is 3. The Morgan fingerprint density at radius 1 is 0.926 bits per heavy atom. The van der Waals surface area contributed by atoms with Gasteiger partial charge in [0.1, 0.15) is 17.8 Å². The van der Waals surface area contributed by atoms with Crippen LogP contribution in [-0.2, 0) is 6.18 Å². The second kappa shape index (κ2) is 7.40. The second-order valence-corrected chi connectivity index (χ2v) is 5.55. The monoisotopic (exact) mass is 375 g/mol. The second-order valence-electron chi connectivity index (χ2n) is 5.55. The number of benzene rings is 2. The smallest absolute Gasteiger partial charge is 0.416 e. The van der Waals surface area contributed by atoms with Gasteiger partial charge in [-0.2, -0.15) is 13.2 Å². The summed E-state index contributed by atoms with van der Waals surface area (Å²) in [7, 11) is 1.55. The zero-order chi connectivity index (χ0) is 19.4. The number of ether oxygens (including phenoxy) is 1. The molecule has 27 heavy (non-hydrogen) atoms. The first-order chi connectivity index (χ1) is 12.9. The van der Waals surface area contributed by atoms with Gasteiger partial charge in [0.25, 0.3) is 0 Å². The summed E-state index contributed by atoms with van der Waals surface area (Å²) in [6.07, 6.45) is -3.18. The number of anilines is 5. The fraction of sp³-hybridized carbons (Fsp3) is 0.111. The largest absolute Gasteiger partial charge is 0.497 e. The number of hydrogen-bond acceptors (Lipinski definition) is 6. The van der Waals surface area contributed by atoms with E-state index in [1.807, 2.05) is 0 Å².